The number of nitrogens with zero attached hydrogens (tertiary/aromatic N) is 1. The van der Waals surface area contributed by atoms with E-state index >= 15 is 0 Å². The zero-order chi connectivity index (χ0) is 12.3. The van der Waals surface area contributed by atoms with Crippen LogP contribution in [0, 0.1) is 23.2 Å². The third kappa shape index (κ3) is 2.79. The van der Waals surface area contributed by atoms with Crippen molar-refractivity contribution in [1.82, 2.24) is 0 Å². The Morgan fingerprint density at radius 1 is 1.24 bits per heavy atom. The number of hydrogen-bond donors (Lipinski definition) is 1. The maximum Gasteiger partial charge on any atom is 0.0992 e. The minimum Gasteiger partial charge on any atom is -0.382 e. The molecule has 0 radical (unpaired) electrons. The number of nitrogens with one attached hydrogen (secondary N) is 1. The van der Waals surface area contributed by atoms with Crippen molar-refractivity contribution >= 4 is 5.69 Å². The van der Waals surface area contributed by atoms with Gasteiger partial charge in [0.25, 0.3) is 0 Å². The highest BCUT2D eigenvalue weighted by molar-refractivity contribution is 5.50. The lowest BCUT2D eigenvalue weighted by Gasteiger charge is -2.35. The molecule has 2 heteroatoms. The van der Waals surface area contributed by atoms with E-state index in [2.05, 4.69) is 31.3 Å². The van der Waals surface area contributed by atoms with Crippen molar-refractivity contribution in [1.29, 1.82) is 5.26 Å². The van der Waals surface area contributed by atoms with Crippen LogP contribution >= 0.6 is 0 Å². The van der Waals surface area contributed by atoms with Gasteiger partial charge in [-0.05, 0) is 42.9 Å². The predicted octanol–water partition coefficient (Wildman–Crippen LogP) is 3.79. The Bertz CT molecular complexity index is 409. The molecule has 1 saturated carbocycles. The molecule has 0 amide bonds. The van der Waals surface area contributed by atoms with Gasteiger partial charge in [-0.3, -0.25) is 0 Å². The van der Waals surface area contributed by atoms with Gasteiger partial charge in [0.05, 0.1) is 11.6 Å². The lowest BCUT2D eigenvalue weighted by Crippen LogP contribution is -2.37. The van der Waals surface area contributed by atoms with E-state index in [0.717, 1.165) is 11.3 Å². The number of anilines is 1. The lowest BCUT2D eigenvalue weighted by molar-refractivity contribution is 0.268. The van der Waals surface area contributed by atoms with E-state index < -0.39 is 0 Å². The van der Waals surface area contributed by atoms with Gasteiger partial charge in [0.1, 0.15) is 0 Å². The van der Waals surface area contributed by atoms with Gasteiger partial charge in [0.15, 0.2) is 0 Å². The summed E-state index contributed by atoms with van der Waals surface area (Å²) in [6.07, 6.45) is 3.96. The zero-order valence-corrected chi connectivity index (χ0v) is 10.6. The van der Waals surface area contributed by atoms with Gasteiger partial charge in [-0.15, -0.1) is 0 Å². The average Bonchev–Trinajstić information content (AvgIpc) is 2.34. The fourth-order valence-corrected chi connectivity index (χ4v) is 2.84. The summed E-state index contributed by atoms with van der Waals surface area (Å²) in [6, 6.07) is 10.5. The molecule has 90 valence electrons. The highest BCUT2D eigenvalue weighted by Gasteiger charge is 2.27. The first-order valence-electron chi connectivity index (χ1n) is 6.47. The van der Waals surface area contributed by atoms with E-state index in [4.69, 9.17) is 5.26 Å². The molecule has 2 unspecified atom stereocenters. The summed E-state index contributed by atoms with van der Waals surface area (Å²) in [4.78, 5) is 0. The highest BCUT2D eigenvalue weighted by atomic mass is 14.9. The Morgan fingerprint density at radius 2 is 1.94 bits per heavy atom. The van der Waals surface area contributed by atoms with Gasteiger partial charge < -0.3 is 5.32 Å². The topological polar surface area (TPSA) is 35.8 Å². The second-order valence-electron chi connectivity index (χ2n) is 5.25. The van der Waals surface area contributed by atoms with E-state index in [1.54, 1.807) is 0 Å². The number of benzene rings is 1. The summed E-state index contributed by atoms with van der Waals surface area (Å²) in [5, 5.41) is 12.5. The number of rotatable bonds is 2. The Hall–Kier alpha value is -1.49. The van der Waals surface area contributed by atoms with Crippen molar-refractivity contribution in [2.75, 3.05) is 5.32 Å². The van der Waals surface area contributed by atoms with Crippen LogP contribution in [0.5, 0.6) is 0 Å². The Kier molecular flexibility index (Phi) is 3.68. The number of hydrogen-bond acceptors (Lipinski definition) is 2. The molecule has 1 aromatic rings. The van der Waals surface area contributed by atoms with Gasteiger partial charge in [0.2, 0.25) is 0 Å². The summed E-state index contributed by atoms with van der Waals surface area (Å²) in [7, 11) is 0. The molecule has 2 nitrogen and oxygen atoms in total. The summed E-state index contributed by atoms with van der Waals surface area (Å²) >= 11 is 0. The Morgan fingerprint density at radius 3 is 2.59 bits per heavy atom. The summed E-state index contributed by atoms with van der Waals surface area (Å²) in [6.45, 7) is 4.64. The molecule has 1 N–H and O–H groups in total. The van der Waals surface area contributed by atoms with Crippen molar-refractivity contribution < 1.29 is 0 Å². The largest absolute Gasteiger partial charge is 0.382 e. The third-order valence-electron chi connectivity index (χ3n) is 3.87. The average molecular weight is 228 g/mol. The molecular weight excluding hydrogens is 208 g/mol. The minimum atomic E-state index is 0.540. The van der Waals surface area contributed by atoms with Crippen LogP contribution in [-0.4, -0.2) is 6.04 Å². The molecule has 0 bridgehead atoms. The van der Waals surface area contributed by atoms with Gasteiger partial charge >= 0.3 is 0 Å². The first kappa shape index (κ1) is 12.0. The van der Waals surface area contributed by atoms with Crippen LogP contribution in [0.15, 0.2) is 24.3 Å². The maximum atomic E-state index is 8.89. The summed E-state index contributed by atoms with van der Waals surface area (Å²) < 4.78 is 0. The highest BCUT2D eigenvalue weighted by Crippen LogP contribution is 2.31. The van der Waals surface area contributed by atoms with E-state index in [1.807, 2.05) is 18.2 Å². The third-order valence-corrected chi connectivity index (χ3v) is 3.87. The second kappa shape index (κ2) is 5.23. The van der Waals surface area contributed by atoms with Crippen LogP contribution in [0.2, 0.25) is 0 Å². The zero-order valence-electron chi connectivity index (χ0n) is 10.6. The first-order valence-corrected chi connectivity index (χ1v) is 6.47. The molecule has 1 aliphatic rings. The van der Waals surface area contributed by atoms with Crippen LogP contribution < -0.4 is 5.32 Å². The smallest absolute Gasteiger partial charge is 0.0992 e. The van der Waals surface area contributed by atoms with Crippen molar-refractivity contribution in [2.24, 2.45) is 11.8 Å². The van der Waals surface area contributed by atoms with Crippen LogP contribution in [0.25, 0.3) is 0 Å². The van der Waals surface area contributed by atoms with Crippen LogP contribution in [-0.2, 0) is 0 Å². The van der Waals surface area contributed by atoms with Crippen molar-refractivity contribution in [2.45, 2.75) is 39.2 Å². The molecule has 2 atom stereocenters. The van der Waals surface area contributed by atoms with E-state index in [0.29, 0.717) is 17.9 Å². The second-order valence-corrected chi connectivity index (χ2v) is 5.25. The van der Waals surface area contributed by atoms with Gasteiger partial charge in [-0.2, -0.15) is 5.26 Å². The molecule has 0 spiro atoms. The van der Waals surface area contributed by atoms with Crippen molar-refractivity contribution in [3.8, 4) is 6.07 Å². The molecule has 1 aliphatic carbocycles. The molecular formula is C15H20N2. The van der Waals surface area contributed by atoms with Gasteiger partial charge in [0, 0.05) is 11.7 Å². The van der Waals surface area contributed by atoms with Crippen molar-refractivity contribution in [3.63, 3.8) is 0 Å². The molecule has 0 aliphatic heterocycles. The molecule has 0 heterocycles. The Labute approximate surface area is 104 Å². The molecule has 1 fully saturated rings. The van der Waals surface area contributed by atoms with Crippen LogP contribution in [0.4, 0.5) is 5.69 Å². The quantitative estimate of drug-likeness (QED) is 0.835. The maximum absolute atomic E-state index is 8.89. The molecule has 17 heavy (non-hydrogen) atoms. The monoisotopic (exact) mass is 228 g/mol. The van der Waals surface area contributed by atoms with Crippen LogP contribution in [0.3, 0.4) is 0 Å². The Balaban J connectivity index is 2.11. The first-order chi connectivity index (χ1) is 8.20. The molecule has 0 aromatic heterocycles. The minimum absolute atomic E-state index is 0.540. The van der Waals surface area contributed by atoms with E-state index in [1.165, 1.54) is 19.3 Å². The normalized spacial score (nSPS) is 28.4. The van der Waals surface area contributed by atoms with Crippen LogP contribution in [0.1, 0.15) is 38.7 Å². The van der Waals surface area contributed by atoms with Gasteiger partial charge in [-0.25, -0.2) is 0 Å². The molecule has 2 rings (SSSR count). The van der Waals surface area contributed by atoms with E-state index in [9.17, 15) is 0 Å². The predicted molar refractivity (Wildman–Crippen MR) is 70.7 cm³/mol. The SMILES string of the molecule is CC1CCCC(C)C1Nc1cccc(C#N)c1. The molecule has 0 saturated heterocycles. The summed E-state index contributed by atoms with van der Waals surface area (Å²) in [5.41, 5.74) is 1.81. The number of nitriles is 1. The fraction of sp³-hybridized carbons (Fsp3) is 0.533. The van der Waals surface area contributed by atoms with Gasteiger partial charge in [-0.1, -0.05) is 26.3 Å². The lowest BCUT2D eigenvalue weighted by atomic mass is 9.78. The standard InChI is InChI=1S/C15H20N2/c1-11-5-3-6-12(2)15(11)17-14-8-4-7-13(9-14)10-16/h4,7-9,11-12,15,17H,3,5-6H2,1-2H3. The molecule has 1 aromatic carbocycles. The van der Waals surface area contributed by atoms with Crippen molar-refractivity contribution in [3.05, 3.63) is 29.8 Å². The fourth-order valence-electron chi connectivity index (χ4n) is 2.84. The summed E-state index contributed by atoms with van der Waals surface area (Å²) in [5.74, 6) is 1.42. The van der Waals surface area contributed by atoms with E-state index in [-0.39, 0.29) is 0 Å².